The summed E-state index contributed by atoms with van der Waals surface area (Å²) in [5.74, 6) is 0.536. The minimum absolute atomic E-state index is 0.0414. The molecule has 0 aromatic heterocycles. The zero-order chi connectivity index (χ0) is 21.4. The molecule has 2 aliphatic rings. The highest BCUT2D eigenvalue weighted by Gasteiger charge is 2.26. The Bertz CT molecular complexity index is 1160. The minimum Gasteiger partial charge on any atom is -0.454 e. The molecule has 4 rings (SSSR count). The number of amides is 3. The quantitative estimate of drug-likeness (QED) is 0.750. The van der Waals surface area contributed by atoms with Gasteiger partial charge in [-0.1, -0.05) is 29.8 Å². The monoisotopic (exact) mass is 441 g/mol. The van der Waals surface area contributed by atoms with Gasteiger partial charge in [0.2, 0.25) is 0 Å². The lowest BCUT2D eigenvalue weighted by Crippen LogP contribution is -2.42. The first kappa shape index (κ1) is 19.8. The number of hydrogen-bond donors (Lipinski definition) is 2. The first-order chi connectivity index (χ1) is 14.4. The Morgan fingerprint density at radius 1 is 1.20 bits per heavy atom. The second-order valence-electron chi connectivity index (χ2n) is 6.45. The number of anilines is 1. The fraction of sp³-hybridized carbons (Fsp3) is 0.100. The van der Waals surface area contributed by atoms with E-state index in [-0.39, 0.29) is 38.8 Å². The first-order valence-corrected chi connectivity index (χ1v) is 9.50. The van der Waals surface area contributed by atoms with E-state index in [1.165, 1.54) is 12.1 Å². The van der Waals surface area contributed by atoms with Crippen molar-refractivity contribution in [2.24, 2.45) is 5.10 Å². The average Bonchev–Trinajstić information content (AvgIpc) is 2.71. The van der Waals surface area contributed by atoms with E-state index in [1.807, 2.05) is 6.07 Å². The summed E-state index contributed by atoms with van der Waals surface area (Å²) in [4.78, 5) is 24.1. The number of allylic oxidation sites excluding steroid dienone is 1. The molecule has 2 aliphatic heterocycles. The van der Waals surface area contributed by atoms with E-state index in [1.54, 1.807) is 18.2 Å². The third kappa shape index (κ3) is 3.56. The maximum absolute atomic E-state index is 12.2. The predicted molar refractivity (Wildman–Crippen MR) is 112 cm³/mol. The van der Waals surface area contributed by atoms with Gasteiger partial charge in [0, 0.05) is 12.1 Å². The molecule has 0 saturated carbocycles. The van der Waals surface area contributed by atoms with Crippen molar-refractivity contribution >= 4 is 46.5 Å². The van der Waals surface area contributed by atoms with Gasteiger partial charge in [-0.25, -0.2) is 4.79 Å². The number of halogens is 2. The van der Waals surface area contributed by atoms with Crippen molar-refractivity contribution in [3.05, 3.63) is 63.8 Å². The highest BCUT2D eigenvalue weighted by molar-refractivity contribution is 6.37. The molecule has 2 aromatic rings. The van der Waals surface area contributed by atoms with Crippen LogP contribution in [0.15, 0.2) is 47.7 Å². The van der Waals surface area contributed by atoms with Crippen molar-refractivity contribution in [3.63, 3.8) is 0 Å². The third-order valence-electron chi connectivity index (χ3n) is 4.49. The predicted octanol–water partition coefficient (Wildman–Crippen LogP) is 3.99. The number of nitrogens with one attached hydrogen (secondary N) is 2. The highest BCUT2D eigenvalue weighted by Crippen LogP contribution is 2.40. The van der Waals surface area contributed by atoms with E-state index >= 15 is 0 Å². The van der Waals surface area contributed by atoms with E-state index in [9.17, 15) is 9.59 Å². The topological polar surface area (TPSA) is 107 Å². The number of fused-ring (bicyclic) bond motifs is 1. The normalized spacial score (nSPS) is 15.6. The molecule has 0 bridgehead atoms. The molecular weight excluding hydrogens is 429 g/mol. The molecule has 0 aliphatic carbocycles. The van der Waals surface area contributed by atoms with E-state index in [4.69, 9.17) is 33.2 Å². The van der Waals surface area contributed by atoms with Gasteiger partial charge < -0.3 is 15.4 Å². The first-order valence-electron chi connectivity index (χ1n) is 8.74. The molecule has 30 heavy (non-hydrogen) atoms. The number of carbonyl (C=O) groups excluding carboxylic acids is 2. The third-order valence-corrected chi connectivity index (χ3v) is 5.05. The van der Waals surface area contributed by atoms with Crippen LogP contribution in [0.25, 0.3) is 0 Å². The second-order valence-corrected chi connectivity index (χ2v) is 7.26. The van der Waals surface area contributed by atoms with Gasteiger partial charge in [0.05, 0.1) is 21.4 Å². The van der Waals surface area contributed by atoms with Crippen molar-refractivity contribution in [1.29, 1.82) is 5.26 Å². The van der Waals surface area contributed by atoms with E-state index in [2.05, 4.69) is 22.3 Å². The van der Waals surface area contributed by atoms with Crippen LogP contribution in [0, 0.1) is 11.3 Å². The molecule has 0 saturated heterocycles. The summed E-state index contributed by atoms with van der Waals surface area (Å²) in [5, 5.41) is 19.5. The summed E-state index contributed by atoms with van der Waals surface area (Å²) in [6.45, 7) is 4.12. The van der Waals surface area contributed by atoms with Gasteiger partial charge in [-0.05, 0) is 42.3 Å². The van der Waals surface area contributed by atoms with Crippen LogP contribution in [0.5, 0.6) is 11.5 Å². The number of benzene rings is 2. The number of rotatable bonds is 3. The average molecular weight is 442 g/mol. The standard InChI is InChI=1S/C20H13Cl2N5O3/c1-10-17(9-23)26-27(20(29)25-10)12-7-15(21)18(16(22)8-12)30-13-2-3-14-11(6-13)4-5-24-19(14)28/h2-3,6-8H,1,4-5H2,(H,24,28)(H,25,29). The molecule has 8 nitrogen and oxygen atoms in total. The van der Waals surface area contributed by atoms with Gasteiger partial charge in [-0.2, -0.15) is 15.4 Å². The molecule has 0 radical (unpaired) electrons. The van der Waals surface area contributed by atoms with Crippen molar-refractivity contribution in [1.82, 2.24) is 10.6 Å². The maximum Gasteiger partial charge on any atom is 0.347 e. The largest absolute Gasteiger partial charge is 0.454 e. The number of nitriles is 1. The summed E-state index contributed by atoms with van der Waals surface area (Å²) in [6, 6.07) is 9.23. The highest BCUT2D eigenvalue weighted by atomic mass is 35.5. The van der Waals surface area contributed by atoms with Crippen LogP contribution >= 0.6 is 23.2 Å². The summed E-state index contributed by atoms with van der Waals surface area (Å²) in [7, 11) is 0. The van der Waals surface area contributed by atoms with Crippen LogP contribution in [-0.2, 0) is 6.42 Å². The molecule has 0 spiro atoms. The van der Waals surface area contributed by atoms with Crippen LogP contribution in [0.3, 0.4) is 0 Å². The van der Waals surface area contributed by atoms with E-state index in [0.717, 1.165) is 10.6 Å². The molecule has 2 N–H and O–H groups in total. The van der Waals surface area contributed by atoms with Gasteiger partial charge >= 0.3 is 6.03 Å². The molecule has 2 heterocycles. The molecule has 150 valence electrons. The summed E-state index contributed by atoms with van der Waals surface area (Å²) >= 11 is 12.7. The van der Waals surface area contributed by atoms with Gasteiger partial charge in [0.1, 0.15) is 11.8 Å². The molecule has 2 aromatic carbocycles. The zero-order valence-electron chi connectivity index (χ0n) is 15.3. The minimum atomic E-state index is -0.604. The smallest absolute Gasteiger partial charge is 0.347 e. The number of urea groups is 1. The Kier molecular flexibility index (Phi) is 5.08. The molecule has 0 atom stereocenters. The molecule has 0 unspecified atom stereocenters. The van der Waals surface area contributed by atoms with Gasteiger partial charge in [-0.15, -0.1) is 0 Å². The van der Waals surface area contributed by atoms with Crippen molar-refractivity contribution in [2.45, 2.75) is 6.42 Å². The van der Waals surface area contributed by atoms with Crippen LogP contribution < -0.4 is 20.4 Å². The summed E-state index contributed by atoms with van der Waals surface area (Å²) in [5.41, 5.74) is 1.78. The lowest BCUT2D eigenvalue weighted by Gasteiger charge is -2.24. The lowest BCUT2D eigenvalue weighted by atomic mass is 10.0. The van der Waals surface area contributed by atoms with Crippen LogP contribution in [0.4, 0.5) is 10.5 Å². The number of nitrogens with zero attached hydrogens (tertiary/aromatic N) is 3. The van der Waals surface area contributed by atoms with Crippen LogP contribution in [0.1, 0.15) is 15.9 Å². The SMILES string of the molecule is C=C1NC(=O)N(c2cc(Cl)c(Oc3ccc4c(c3)CCNC4=O)c(Cl)c2)N=C1C#N. The van der Waals surface area contributed by atoms with Crippen molar-refractivity contribution < 1.29 is 14.3 Å². The Hall–Kier alpha value is -3.54. The number of hydrogen-bond acceptors (Lipinski definition) is 5. The van der Waals surface area contributed by atoms with Crippen LogP contribution in [0.2, 0.25) is 10.0 Å². The molecule has 0 fully saturated rings. The van der Waals surface area contributed by atoms with E-state index < -0.39 is 6.03 Å². The fourth-order valence-corrected chi connectivity index (χ4v) is 3.62. The Morgan fingerprint density at radius 2 is 1.93 bits per heavy atom. The fourth-order valence-electron chi connectivity index (χ4n) is 3.06. The number of carbonyl (C=O) groups is 2. The summed E-state index contributed by atoms with van der Waals surface area (Å²) < 4.78 is 5.85. The maximum atomic E-state index is 12.2. The van der Waals surface area contributed by atoms with Gasteiger partial charge in [0.15, 0.2) is 11.5 Å². The van der Waals surface area contributed by atoms with E-state index in [0.29, 0.717) is 24.3 Å². The Labute approximate surface area is 181 Å². The summed E-state index contributed by atoms with van der Waals surface area (Å²) in [6.07, 6.45) is 0.688. The Morgan fingerprint density at radius 3 is 2.63 bits per heavy atom. The van der Waals surface area contributed by atoms with Crippen molar-refractivity contribution in [3.8, 4) is 17.6 Å². The second kappa shape index (κ2) is 7.71. The van der Waals surface area contributed by atoms with Crippen molar-refractivity contribution in [2.75, 3.05) is 11.6 Å². The zero-order valence-corrected chi connectivity index (χ0v) is 16.8. The lowest BCUT2D eigenvalue weighted by molar-refractivity contribution is 0.0946. The molecule has 3 amide bonds. The Balaban J connectivity index is 1.65. The van der Waals surface area contributed by atoms with Gasteiger partial charge in [-0.3, -0.25) is 4.79 Å². The number of hydrazone groups is 1. The van der Waals surface area contributed by atoms with Crippen LogP contribution in [-0.4, -0.2) is 24.2 Å². The molecule has 10 heteroatoms. The number of ether oxygens (including phenoxy) is 1. The van der Waals surface area contributed by atoms with Gasteiger partial charge in [0.25, 0.3) is 5.91 Å². The molecular formula is C20H13Cl2N5O3.